The molecule has 9 nitrogen and oxygen atoms in total. The predicted molar refractivity (Wildman–Crippen MR) is 225 cm³/mol. The van der Waals surface area contributed by atoms with E-state index in [1.54, 1.807) is 13.3 Å². The molecule has 0 aliphatic carbocycles. The van der Waals surface area contributed by atoms with Crippen molar-refractivity contribution in [2.75, 3.05) is 27.3 Å². The van der Waals surface area contributed by atoms with Crippen LogP contribution in [0.2, 0.25) is 0 Å². The number of unbranched alkanes of at least 4 members (excludes halogenated alkanes) is 2. The Morgan fingerprint density at radius 1 is 1.00 bits per heavy atom. The van der Waals surface area contributed by atoms with Gasteiger partial charge in [0.2, 0.25) is 0 Å². The van der Waals surface area contributed by atoms with Gasteiger partial charge < -0.3 is 24.3 Å². The first-order valence-corrected chi connectivity index (χ1v) is 19.5. The van der Waals surface area contributed by atoms with Crippen LogP contribution in [0.5, 0.6) is 5.75 Å². The first-order chi connectivity index (χ1) is 25.1. The van der Waals surface area contributed by atoms with E-state index in [4.69, 9.17) is 9.53 Å². The largest absolute Gasteiger partial charge is 0.497 e. The lowest BCUT2D eigenvalue weighted by atomic mass is 9.80. The van der Waals surface area contributed by atoms with E-state index < -0.39 is 0 Å². The highest BCUT2D eigenvalue weighted by Crippen LogP contribution is 2.44. The third-order valence-corrected chi connectivity index (χ3v) is 10.2. The Morgan fingerprint density at radius 2 is 1.65 bits per heavy atom. The summed E-state index contributed by atoms with van der Waals surface area (Å²) in [5.41, 5.74) is 5.02. The van der Waals surface area contributed by atoms with Gasteiger partial charge in [-0.3, -0.25) is 9.59 Å². The lowest BCUT2D eigenvalue weighted by molar-refractivity contribution is -0.126. The molecule has 10 heteroatoms. The van der Waals surface area contributed by atoms with Gasteiger partial charge in [-0.25, -0.2) is 9.98 Å². The molecule has 52 heavy (non-hydrogen) atoms. The van der Waals surface area contributed by atoms with Crippen molar-refractivity contribution in [3.8, 4) is 16.9 Å². The molecular weight excluding hydrogens is 669 g/mol. The van der Waals surface area contributed by atoms with E-state index in [1.165, 1.54) is 32.8 Å². The van der Waals surface area contributed by atoms with Crippen LogP contribution in [0.4, 0.5) is 0 Å². The zero-order valence-corrected chi connectivity index (χ0v) is 34.7. The number of hydrogen-bond donors (Lipinski definition) is 2. The highest BCUT2D eigenvalue weighted by atomic mass is 31.0. The topological polar surface area (TPSA) is 112 Å². The van der Waals surface area contributed by atoms with Crippen LogP contribution in [0, 0.1) is 5.92 Å². The van der Waals surface area contributed by atoms with E-state index in [0.29, 0.717) is 12.4 Å². The second-order valence-corrected chi connectivity index (χ2v) is 13.6. The first kappa shape index (κ1) is 46.1. The summed E-state index contributed by atoms with van der Waals surface area (Å²) in [7, 11) is 6.01. The summed E-state index contributed by atoms with van der Waals surface area (Å²) >= 11 is 0. The smallest absolute Gasteiger partial charge is 0.292 e. The minimum Gasteiger partial charge on any atom is -0.497 e. The number of H-pyrrole nitrogens is 2. The number of allylic oxidation sites excluding steroid dienone is 1. The van der Waals surface area contributed by atoms with Crippen molar-refractivity contribution in [2.24, 2.45) is 15.9 Å². The maximum absolute atomic E-state index is 12.7. The highest BCUT2D eigenvalue weighted by Gasteiger charge is 2.34. The quantitative estimate of drug-likeness (QED) is 0.0597. The van der Waals surface area contributed by atoms with Gasteiger partial charge in [0, 0.05) is 36.2 Å². The number of aromatic nitrogens is 2. The molecule has 3 heterocycles. The number of benzene rings is 1. The fourth-order valence-corrected chi connectivity index (χ4v) is 6.56. The molecule has 1 aromatic carbocycles. The number of rotatable bonds is 13. The van der Waals surface area contributed by atoms with Crippen molar-refractivity contribution < 1.29 is 14.3 Å². The van der Waals surface area contributed by atoms with Crippen molar-refractivity contribution in [1.29, 1.82) is 0 Å². The molecule has 1 saturated heterocycles. The summed E-state index contributed by atoms with van der Waals surface area (Å²) < 4.78 is 9.10. The lowest BCUT2D eigenvalue weighted by Gasteiger charge is -2.35. The lowest BCUT2D eigenvalue weighted by Crippen LogP contribution is -2.33. The summed E-state index contributed by atoms with van der Waals surface area (Å²) in [6.07, 6.45) is 14.9. The number of likely N-dealkylation sites (tertiary alicyclic amines) is 1. The molecule has 0 radical (unpaired) electrons. The Labute approximate surface area is 316 Å². The van der Waals surface area contributed by atoms with Gasteiger partial charge >= 0.3 is 0 Å². The summed E-state index contributed by atoms with van der Waals surface area (Å²) in [4.78, 5) is 39.4. The van der Waals surface area contributed by atoms with Gasteiger partial charge in [0.25, 0.3) is 12.0 Å². The van der Waals surface area contributed by atoms with E-state index in [9.17, 15) is 4.79 Å². The average Bonchev–Trinajstić information content (AvgIpc) is 3.92. The minimum atomic E-state index is -0.194. The van der Waals surface area contributed by atoms with E-state index in [2.05, 4.69) is 85.6 Å². The molecule has 0 bridgehead atoms. The number of nitrogens with one attached hydrogen (secondary N) is 2. The van der Waals surface area contributed by atoms with Gasteiger partial charge in [0.1, 0.15) is 17.4 Å². The number of carbonyl (C=O) groups is 1. The van der Waals surface area contributed by atoms with Crippen molar-refractivity contribution >= 4 is 33.1 Å². The summed E-state index contributed by atoms with van der Waals surface area (Å²) in [6.45, 7) is 19.4. The standard InChI is InChI=1S/C22H32NO2P.C16H24N4.C2H4O2.C2H6/c1-5-7-8-13-22(26,16(3)6-2)20-14-18(15-23-21(20)24)17-9-11-19(25-4)12-10-17;1-4-8-16(15-9-7-10-17-15)19-13(2)18-14(3)20-11-5-6-12-20;1-4-2-3;1-2/h9-12,14-16H,5-8,13,26H2,1-4H3,(H,23,24);7-10,17H,4-6,11-12H2,1-3H3;2H,1H3;1-2H3/b;16-8+,18-14?,19-13?;;. The SMILES string of the molecule is CC.CC/C=C(/N=C(C)N=C(C)N1CCCC1)c1ccc[nH]1.CCCCCC(P)(c1cc(-c2ccc(OC)cc2)c[nH]c1=O)C(C)CC.COC=O. The first-order valence-electron chi connectivity index (χ1n) is 18.9. The number of aliphatic imine (C=N–C) groups is 2. The molecule has 4 rings (SSSR count). The van der Waals surface area contributed by atoms with Crippen LogP contribution in [0.15, 0.2) is 75.7 Å². The number of aromatic amines is 2. The number of carbonyl (C=O) groups excluding carboxylic acids is 1. The van der Waals surface area contributed by atoms with Gasteiger partial charge in [-0.15, -0.1) is 9.24 Å². The second-order valence-electron chi connectivity index (χ2n) is 12.6. The van der Waals surface area contributed by atoms with Gasteiger partial charge in [-0.05, 0) is 86.9 Å². The van der Waals surface area contributed by atoms with Crippen LogP contribution in [0.25, 0.3) is 16.8 Å². The zero-order chi connectivity index (χ0) is 38.9. The Morgan fingerprint density at radius 3 is 2.17 bits per heavy atom. The molecule has 3 aromatic rings. The van der Waals surface area contributed by atoms with Crippen LogP contribution >= 0.6 is 9.24 Å². The number of methoxy groups -OCH3 is 2. The van der Waals surface area contributed by atoms with Gasteiger partial charge in [0.05, 0.1) is 25.6 Å². The monoisotopic (exact) mass is 735 g/mol. The fraction of sp³-hybridized carbons (Fsp3) is 0.524. The van der Waals surface area contributed by atoms with Gasteiger partial charge in [-0.2, -0.15) is 0 Å². The maximum atomic E-state index is 12.7. The summed E-state index contributed by atoms with van der Waals surface area (Å²) in [6, 6.07) is 14.1. The normalized spacial score (nSPS) is 14.8. The van der Waals surface area contributed by atoms with E-state index >= 15 is 0 Å². The number of hydrogen-bond acceptors (Lipinski definition) is 5. The van der Waals surface area contributed by atoms with Crippen LogP contribution < -0.4 is 10.3 Å². The molecule has 3 unspecified atom stereocenters. The third-order valence-electron chi connectivity index (χ3n) is 9.05. The summed E-state index contributed by atoms with van der Waals surface area (Å²) in [5, 5.41) is -0.194. The van der Waals surface area contributed by atoms with Crippen molar-refractivity contribution in [3.63, 3.8) is 0 Å². The fourth-order valence-electron chi connectivity index (χ4n) is 5.90. The molecule has 1 fully saturated rings. The molecule has 0 amide bonds. The van der Waals surface area contributed by atoms with Crippen LogP contribution in [-0.4, -0.2) is 60.3 Å². The van der Waals surface area contributed by atoms with E-state index in [1.807, 2.05) is 63.4 Å². The molecule has 3 atom stereocenters. The molecule has 288 valence electrons. The summed E-state index contributed by atoms with van der Waals surface area (Å²) in [5.74, 6) is 3.13. The number of nitrogens with zero attached hydrogens (tertiary/aromatic N) is 3. The Bertz CT molecular complexity index is 1560. The number of amidine groups is 2. The molecule has 2 aromatic heterocycles. The van der Waals surface area contributed by atoms with Crippen LogP contribution in [0.3, 0.4) is 0 Å². The number of pyridine rings is 1. The second kappa shape index (κ2) is 25.9. The van der Waals surface area contributed by atoms with Gasteiger partial charge in [-0.1, -0.05) is 85.4 Å². The average molecular weight is 736 g/mol. The van der Waals surface area contributed by atoms with Gasteiger partial charge in [0.15, 0.2) is 0 Å². The van der Waals surface area contributed by atoms with Crippen molar-refractivity contribution in [3.05, 3.63) is 82.5 Å². The maximum Gasteiger partial charge on any atom is 0.292 e. The van der Waals surface area contributed by atoms with E-state index in [-0.39, 0.29) is 10.7 Å². The van der Waals surface area contributed by atoms with Crippen LogP contribution in [-0.2, 0) is 14.7 Å². The van der Waals surface area contributed by atoms with Crippen molar-refractivity contribution in [2.45, 2.75) is 112 Å². The Hall–Kier alpha value is -3.97. The highest BCUT2D eigenvalue weighted by molar-refractivity contribution is 7.18. The third kappa shape index (κ3) is 14.9. The molecular formula is C42H66N5O4P. The predicted octanol–water partition coefficient (Wildman–Crippen LogP) is 10.3. The molecule has 1 aliphatic rings. The molecule has 0 spiro atoms. The zero-order valence-electron chi connectivity index (χ0n) is 33.6. The molecule has 2 N–H and O–H groups in total. The van der Waals surface area contributed by atoms with Crippen LogP contribution in [0.1, 0.15) is 118 Å². The molecule has 0 saturated carbocycles. The Kier molecular flexibility index (Phi) is 22.9. The number of ether oxygens (including phenoxy) is 2. The Balaban J connectivity index is 0.000000462. The van der Waals surface area contributed by atoms with Crippen molar-refractivity contribution in [1.82, 2.24) is 14.9 Å². The molecule has 1 aliphatic heterocycles. The van der Waals surface area contributed by atoms with E-state index in [0.717, 1.165) is 84.3 Å². The minimum absolute atomic E-state index is 0.0223.